The Morgan fingerprint density at radius 2 is 1.77 bits per heavy atom. The minimum atomic E-state index is -0.186. The average Bonchev–Trinajstić information content (AvgIpc) is 3.60. The fraction of sp³-hybridized carbons (Fsp3) is 0.312. The van der Waals surface area contributed by atoms with E-state index >= 15 is 0 Å². The molecule has 0 aliphatic rings. The molecule has 0 atom stereocenters. The van der Waals surface area contributed by atoms with E-state index in [1.165, 1.54) is 17.0 Å². The van der Waals surface area contributed by atoms with Crippen molar-refractivity contribution in [3.63, 3.8) is 0 Å². The number of tetrazole rings is 1. The maximum atomic E-state index is 14.0. The van der Waals surface area contributed by atoms with E-state index in [1.54, 1.807) is 14.0 Å². The summed E-state index contributed by atoms with van der Waals surface area (Å²) in [7, 11) is 1.60. The van der Waals surface area contributed by atoms with Gasteiger partial charge in [-0.05, 0) is 48.1 Å². The summed E-state index contributed by atoms with van der Waals surface area (Å²) in [5, 5.41) is 17.1. The van der Waals surface area contributed by atoms with Crippen LogP contribution in [0.15, 0.2) is 65.7 Å². The maximum absolute atomic E-state index is 14.0. The maximum Gasteiger partial charge on any atom is 0.264 e. The number of nitrogens with one attached hydrogen (secondary N) is 2. The summed E-state index contributed by atoms with van der Waals surface area (Å²) >= 11 is 0. The fourth-order valence-corrected chi connectivity index (χ4v) is 4.94. The highest BCUT2D eigenvalue weighted by Gasteiger charge is 2.18. The second kappa shape index (κ2) is 14.3. The third kappa shape index (κ3) is 7.02. The Kier molecular flexibility index (Phi) is 9.80. The molecule has 1 amide bonds. The van der Waals surface area contributed by atoms with Crippen molar-refractivity contribution in [1.82, 2.24) is 45.5 Å². The molecule has 0 radical (unpaired) electrons. The molecule has 5 rings (SSSR count). The summed E-state index contributed by atoms with van der Waals surface area (Å²) in [6, 6.07) is 16.0. The number of carbonyl (C=O) groups excluding carboxylic acids is 1. The minimum absolute atomic E-state index is 0.0393. The van der Waals surface area contributed by atoms with Gasteiger partial charge in [0, 0.05) is 31.0 Å². The van der Waals surface area contributed by atoms with Crippen LogP contribution in [0.25, 0.3) is 28.5 Å². The molecule has 0 saturated heterocycles. The predicted octanol–water partition coefficient (Wildman–Crippen LogP) is 4.02. The molecule has 226 valence electrons. The summed E-state index contributed by atoms with van der Waals surface area (Å²) in [5.41, 5.74) is 5.09. The summed E-state index contributed by atoms with van der Waals surface area (Å²) in [6.07, 6.45) is 7.06. The van der Waals surface area contributed by atoms with Crippen LogP contribution in [0.3, 0.4) is 0 Å². The molecule has 0 saturated carbocycles. The van der Waals surface area contributed by atoms with Crippen molar-refractivity contribution in [3.8, 4) is 34.2 Å². The van der Waals surface area contributed by atoms with Gasteiger partial charge in [0.2, 0.25) is 17.7 Å². The van der Waals surface area contributed by atoms with E-state index in [4.69, 9.17) is 9.72 Å². The van der Waals surface area contributed by atoms with Crippen molar-refractivity contribution in [3.05, 3.63) is 93.9 Å². The van der Waals surface area contributed by atoms with Gasteiger partial charge >= 0.3 is 0 Å². The number of hydrogen-bond donors (Lipinski definition) is 2. The van der Waals surface area contributed by atoms with Crippen molar-refractivity contribution < 1.29 is 9.53 Å². The second-order valence-corrected chi connectivity index (χ2v) is 10.3. The first-order valence-corrected chi connectivity index (χ1v) is 14.7. The summed E-state index contributed by atoms with van der Waals surface area (Å²) in [5.74, 6) is 1.71. The number of benzene rings is 2. The van der Waals surface area contributed by atoms with Crippen LogP contribution in [0.2, 0.25) is 0 Å². The number of H-pyrrole nitrogens is 1. The number of hydrogen-bond acceptors (Lipinski definition) is 9. The number of aromatic amines is 1. The number of carbonyl (C=O) groups is 1. The first-order valence-electron chi connectivity index (χ1n) is 14.7. The molecule has 2 aromatic carbocycles. The summed E-state index contributed by atoms with van der Waals surface area (Å²) in [4.78, 5) is 39.0. The van der Waals surface area contributed by atoms with Crippen molar-refractivity contribution >= 4 is 5.91 Å². The van der Waals surface area contributed by atoms with Gasteiger partial charge in [-0.25, -0.2) is 19.5 Å². The molecule has 12 heteroatoms. The van der Waals surface area contributed by atoms with E-state index in [-0.39, 0.29) is 17.4 Å². The van der Waals surface area contributed by atoms with Crippen molar-refractivity contribution in [2.45, 2.75) is 52.4 Å². The van der Waals surface area contributed by atoms with E-state index in [9.17, 15) is 9.59 Å². The Bertz CT molecular complexity index is 1750. The summed E-state index contributed by atoms with van der Waals surface area (Å²) < 4.78 is 7.12. The summed E-state index contributed by atoms with van der Waals surface area (Å²) in [6.45, 7) is 4.27. The van der Waals surface area contributed by atoms with Gasteiger partial charge in [-0.1, -0.05) is 61.9 Å². The van der Waals surface area contributed by atoms with Gasteiger partial charge in [-0.15, -0.1) is 10.2 Å². The van der Waals surface area contributed by atoms with Crippen molar-refractivity contribution in [2.75, 3.05) is 13.7 Å². The highest BCUT2D eigenvalue weighted by Crippen LogP contribution is 2.30. The number of aromatic nitrogens is 8. The van der Waals surface area contributed by atoms with Crippen molar-refractivity contribution in [1.29, 1.82) is 0 Å². The van der Waals surface area contributed by atoms with E-state index in [0.717, 1.165) is 40.8 Å². The molecular formula is C32H35N9O3. The first kappa shape index (κ1) is 30.2. The molecule has 0 spiro atoms. The molecule has 0 aliphatic heterocycles. The third-order valence-electron chi connectivity index (χ3n) is 7.27. The van der Waals surface area contributed by atoms with Crippen LogP contribution in [-0.2, 0) is 17.6 Å². The zero-order chi connectivity index (χ0) is 30.9. The van der Waals surface area contributed by atoms with E-state index in [2.05, 4.69) is 42.8 Å². The van der Waals surface area contributed by atoms with Crippen LogP contribution in [0.1, 0.15) is 55.3 Å². The minimum Gasteiger partial charge on any atom is -0.490 e. The van der Waals surface area contributed by atoms with Gasteiger partial charge in [-0.2, -0.15) is 5.21 Å². The molecule has 0 bridgehead atoms. The quantitative estimate of drug-likeness (QED) is 0.193. The highest BCUT2D eigenvalue weighted by molar-refractivity contribution is 5.80. The largest absolute Gasteiger partial charge is 0.490 e. The lowest BCUT2D eigenvalue weighted by Gasteiger charge is -2.15. The Morgan fingerprint density at radius 1 is 1.02 bits per heavy atom. The SMILES string of the molecule is CCCCc1nc(C)n(-c2ncc(OCCCC(=O)NC)cn2)c(=O)c1Cc1ccc(-c2ccccc2-c2nn[nH]n2)cc1. The lowest BCUT2D eigenvalue weighted by atomic mass is 9.96. The van der Waals surface area contributed by atoms with Gasteiger partial charge in [-0.3, -0.25) is 9.59 Å². The van der Waals surface area contributed by atoms with Crippen molar-refractivity contribution in [2.24, 2.45) is 0 Å². The number of rotatable bonds is 13. The van der Waals surface area contributed by atoms with Crippen LogP contribution >= 0.6 is 0 Å². The molecule has 0 aliphatic carbocycles. The average molecular weight is 594 g/mol. The normalized spacial score (nSPS) is 11.0. The Morgan fingerprint density at radius 3 is 2.45 bits per heavy atom. The van der Waals surface area contributed by atoms with E-state index in [1.807, 2.05) is 48.5 Å². The smallest absolute Gasteiger partial charge is 0.264 e. The predicted molar refractivity (Wildman–Crippen MR) is 165 cm³/mol. The molecule has 3 heterocycles. The number of ether oxygens (including phenoxy) is 1. The Labute approximate surface area is 255 Å². The van der Waals surface area contributed by atoms with E-state index in [0.29, 0.717) is 55.3 Å². The van der Waals surface area contributed by atoms with Gasteiger partial charge < -0.3 is 10.1 Å². The number of aryl methyl sites for hydroxylation is 2. The lowest BCUT2D eigenvalue weighted by Crippen LogP contribution is -2.29. The number of nitrogens with zero attached hydrogens (tertiary/aromatic N) is 7. The van der Waals surface area contributed by atoms with Crippen LogP contribution in [-0.4, -0.2) is 59.7 Å². The van der Waals surface area contributed by atoms with Crippen LogP contribution in [0.4, 0.5) is 0 Å². The van der Waals surface area contributed by atoms with Crippen LogP contribution in [0, 0.1) is 6.92 Å². The molecule has 3 aromatic heterocycles. The zero-order valence-corrected chi connectivity index (χ0v) is 25.1. The lowest BCUT2D eigenvalue weighted by molar-refractivity contribution is -0.120. The van der Waals surface area contributed by atoms with Gasteiger partial charge in [0.25, 0.3) is 5.56 Å². The van der Waals surface area contributed by atoms with E-state index < -0.39 is 0 Å². The van der Waals surface area contributed by atoms with Gasteiger partial charge in [0.1, 0.15) is 5.82 Å². The number of amides is 1. The first-order chi connectivity index (χ1) is 21.5. The zero-order valence-electron chi connectivity index (χ0n) is 25.1. The Balaban J connectivity index is 1.40. The molecule has 5 aromatic rings. The molecule has 0 unspecified atom stereocenters. The Hall–Kier alpha value is -5.26. The van der Waals surface area contributed by atoms with Gasteiger partial charge in [0.05, 0.1) is 24.7 Å². The van der Waals surface area contributed by atoms with Crippen LogP contribution in [0.5, 0.6) is 5.75 Å². The molecule has 44 heavy (non-hydrogen) atoms. The monoisotopic (exact) mass is 593 g/mol. The van der Waals surface area contributed by atoms with Crippen LogP contribution < -0.4 is 15.6 Å². The van der Waals surface area contributed by atoms with Gasteiger partial charge in [0.15, 0.2) is 5.75 Å². The standard InChI is InChI=1S/C32H35N9O3/c1-4-5-11-28-27(18-22-13-15-23(16-14-22)25-9-6-7-10-26(25)30-37-39-40-38-30)31(43)41(21(2)36-28)32-34-19-24(20-35-32)44-17-8-12-29(42)33-3/h6-7,9-10,13-16,19-20H,4-5,8,11-12,17-18H2,1-3H3,(H,33,42)(H,37,38,39,40). The second-order valence-electron chi connectivity index (χ2n) is 10.3. The fourth-order valence-electron chi connectivity index (χ4n) is 4.94. The molecule has 0 fully saturated rings. The third-order valence-corrected chi connectivity index (χ3v) is 7.27. The molecule has 2 N–H and O–H groups in total. The topological polar surface area (TPSA) is 153 Å². The molecular weight excluding hydrogens is 558 g/mol. The number of unbranched alkanes of at least 4 members (excludes halogenated alkanes) is 1. The molecule has 12 nitrogen and oxygen atoms in total. The highest BCUT2D eigenvalue weighted by atomic mass is 16.5.